The van der Waals surface area contributed by atoms with Crippen molar-refractivity contribution in [1.29, 1.82) is 0 Å². The highest BCUT2D eigenvalue weighted by Gasteiger charge is 2.23. The number of pyridine rings is 1. The van der Waals surface area contributed by atoms with Gasteiger partial charge in [0.05, 0.1) is 0 Å². The Hall–Kier alpha value is -1.84. The molecule has 4 heteroatoms. The number of hydrogen-bond acceptors (Lipinski definition) is 3. The Morgan fingerprint density at radius 1 is 1.61 bits per heavy atom. The molecule has 0 saturated heterocycles. The SMILES string of the molecule is Cc1cc(/C=C/C(=O)O)cnc1N(C)CC1CC1. The summed E-state index contributed by atoms with van der Waals surface area (Å²) in [6, 6.07) is 1.96. The summed E-state index contributed by atoms with van der Waals surface area (Å²) < 4.78 is 0. The van der Waals surface area contributed by atoms with Crippen molar-refractivity contribution < 1.29 is 9.90 Å². The largest absolute Gasteiger partial charge is 0.478 e. The van der Waals surface area contributed by atoms with Gasteiger partial charge in [-0.3, -0.25) is 0 Å². The Morgan fingerprint density at radius 3 is 2.89 bits per heavy atom. The lowest BCUT2D eigenvalue weighted by atomic mass is 10.2. The van der Waals surface area contributed by atoms with Gasteiger partial charge in [-0.25, -0.2) is 9.78 Å². The summed E-state index contributed by atoms with van der Waals surface area (Å²) in [7, 11) is 2.06. The van der Waals surface area contributed by atoms with Crippen LogP contribution in [0, 0.1) is 12.8 Å². The normalized spacial score (nSPS) is 15.0. The number of aromatic nitrogens is 1. The predicted octanol–water partition coefficient (Wildman–Crippen LogP) is 2.33. The first-order valence-electron chi connectivity index (χ1n) is 6.15. The van der Waals surface area contributed by atoms with Crippen LogP contribution in [0.15, 0.2) is 18.3 Å². The molecular weight excluding hydrogens is 228 g/mol. The molecule has 1 aromatic heterocycles. The number of aliphatic carboxylic acids is 1. The first kappa shape index (κ1) is 12.6. The number of carboxylic acids is 1. The molecule has 0 amide bonds. The number of nitrogens with zero attached hydrogens (tertiary/aromatic N) is 2. The zero-order chi connectivity index (χ0) is 13.1. The highest BCUT2D eigenvalue weighted by molar-refractivity contribution is 5.85. The number of aryl methyl sites for hydroxylation is 1. The third-order valence-electron chi connectivity index (χ3n) is 3.08. The predicted molar refractivity (Wildman–Crippen MR) is 71.6 cm³/mol. The van der Waals surface area contributed by atoms with Crippen LogP contribution in [-0.4, -0.2) is 29.7 Å². The van der Waals surface area contributed by atoms with E-state index in [0.717, 1.165) is 35.5 Å². The molecule has 0 atom stereocenters. The molecule has 1 saturated carbocycles. The molecule has 0 aliphatic heterocycles. The Bertz CT molecular complexity index is 479. The first-order valence-corrected chi connectivity index (χ1v) is 6.15. The van der Waals surface area contributed by atoms with Gasteiger partial charge in [0.2, 0.25) is 0 Å². The maximum absolute atomic E-state index is 10.4. The van der Waals surface area contributed by atoms with Gasteiger partial charge in [-0.1, -0.05) is 0 Å². The van der Waals surface area contributed by atoms with Crippen LogP contribution in [0.3, 0.4) is 0 Å². The van der Waals surface area contributed by atoms with E-state index in [1.807, 2.05) is 13.0 Å². The minimum absolute atomic E-state index is 0.818. The lowest BCUT2D eigenvalue weighted by Crippen LogP contribution is -2.22. The number of carbonyl (C=O) groups is 1. The quantitative estimate of drug-likeness (QED) is 0.810. The smallest absolute Gasteiger partial charge is 0.328 e. The van der Waals surface area contributed by atoms with Gasteiger partial charge in [-0.15, -0.1) is 0 Å². The number of anilines is 1. The van der Waals surface area contributed by atoms with Gasteiger partial charge in [0.15, 0.2) is 0 Å². The molecular formula is C14H18N2O2. The zero-order valence-electron chi connectivity index (χ0n) is 10.8. The summed E-state index contributed by atoms with van der Waals surface area (Å²) in [5.74, 6) is 0.861. The summed E-state index contributed by atoms with van der Waals surface area (Å²) in [5.41, 5.74) is 1.89. The van der Waals surface area contributed by atoms with E-state index in [-0.39, 0.29) is 0 Å². The summed E-state index contributed by atoms with van der Waals surface area (Å²) in [6.45, 7) is 3.06. The second-order valence-electron chi connectivity index (χ2n) is 4.90. The molecule has 0 spiro atoms. The molecule has 0 unspecified atom stereocenters. The van der Waals surface area contributed by atoms with Gasteiger partial charge in [0, 0.05) is 25.9 Å². The van der Waals surface area contributed by atoms with Crippen LogP contribution in [0.4, 0.5) is 5.82 Å². The second-order valence-corrected chi connectivity index (χ2v) is 4.90. The van der Waals surface area contributed by atoms with Crippen molar-refractivity contribution in [3.63, 3.8) is 0 Å². The van der Waals surface area contributed by atoms with Crippen LogP contribution >= 0.6 is 0 Å². The third kappa shape index (κ3) is 3.32. The van der Waals surface area contributed by atoms with Gasteiger partial charge in [-0.2, -0.15) is 0 Å². The topological polar surface area (TPSA) is 53.4 Å². The minimum Gasteiger partial charge on any atom is -0.478 e. The van der Waals surface area contributed by atoms with Crippen molar-refractivity contribution >= 4 is 17.9 Å². The van der Waals surface area contributed by atoms with E-state index in [2.05, 4.69) is 16.9 Å². The summed E-state index contributed by atoms with van der Waals surface area (Å²) >= 11 is 0. The highest BCUT2D eigenvalue weighted by atomic mass is 16.4. The van der Waals surface area contributed by atoms with Gasteiger partial charge < -0.3 is 10.0 Å². The van der Waals surface area contributed by atoms with Crippen molar-refractivity contribution in [3.05, 3.63) is 29.5 Å². The second kappa shape index (κ2) is 5.21. The Kier molecular flexibility index (Phi) is 3.65. The van der Waals surface area contributed by atoms with Crippen LogP contribution < -0.4 is 4.90 Å². The van der Waals surface area contributed by atoms with Crippen LogP contribution in [0.5, 0.6) is 0 Å². The average molecular weight is 246 g/mol. The Balaban J connectivity index is 2.10. The number of hydrogen-bond donors (Lipinski definition) is 1. The standard InChI is InChI=1S/C14H18N2O2/c1-10-7-12(5-6-13(17)18)8-15-14(10)16(2)9-11-3-4-11/h5-8,11H,3-4,9H2,1-2H3,(H,17,18)/b6-5+. The van der Waals surface area contributed by atoms with Crippen molar-refractivity contribution in [2.24, 2.45) is 5.92 Å². The van der Waals surface area contributed by atoms with E-state index in [9.17, 15) is 4.79 Å². The molecule has 0 aromatic carbocycles. The van der Waals surface area contributed by atoms with Gasteiger partial charge in [-0.05, 0) is 49.0 Å². The Morgan fingerprint density at radius 2 is 2.33 bits per heavy atom. The van der Waals surface area contributed by atoms with Crippen LogP contribution in [-0.2, 0) is 4.79 Å². The molecule has 1 N–H and O–H groups in total. The zero-order valence-corrected chi connectivity index (χ0v) is 10.8. The number of rotatable bonds is 5. The van der Waals surface area contributed by atoms with Crippen LogP contribution in [0.1, 0.15) is 24.0 Å². The van der Waals surface area contributed by atoms with Crippen LogP contribution in [0.2, 0.25) is 0 Å². The monoisotopic (exact) mass is 246 g/mol. The van der Waals surface area contributed by atoms with Crippen molar-refractivity contribution in [1.82, 2.24) is 4.98 Å². The van der Waals surface area contributed by atoms with E-state index in [1.165, 1.54) is 12.8 Å². The maximum Gasteiger partial charge on any atom is 0.328 e. The molecule has 18 heavy (non-hydrogen) atoms. The summed E-state index contributed by atoms with van der Waals surface area (Å²) in [6.07, 6.45) is 7.05. The van der Waals surface area contributed by atoms with Crippen molar-refractivity contribution in [2.45, 2.75) is 19.8 Å². The van der Waals surface area contributed by atoms with Gasteiger partial charge in [0.25, 0.3) is 0 Å². The lowest BCUT2D eigenvalue weighted by molar-refractivity contribution is -0.131. The van der Waals surface area contributed by atoms with E-state index < -0.39 is 5.97 Å². The lowest BCUT2D eigenvalue weighted by Gasteiger charge is -2.20. The van der Waals surface area contributed by atoms with Gasteiger partial charge in [0.1, 0.15) is 5.82 Å². The van der Waals surface area contributed by atoms with Crippen molar-refractivity contribution in [3.8, 4) is 0 Å². The molecule has 96 valence electrons. The molecule has 1 aromatic rings. The molecule has 4 nitrogen and oxygen atoms in total. The molecule has 1 fully saturated rings. The summed E-state index contributed by atoms with van der Waals surface area (Å²) in [4.78, 5) is 17.0. The third-order valence-corrected chi connectivity index (χ3v) is 3.08. The Labute approximate surface area is 107 Å². The fourth-order valence-electron chi connectivity index (χ4n) is 2.02. The first-order chi connectivity index (χ1) is 8.56. The molecule has 0 bridgehead atoms. The molecule has 1 heterocycles. The summed E-state index contributed by atoms with van der Waals surface area (Å²) in [5, 5.41) is 8.58. The molecule has 0 radical (unpaired) electrons. The van der Waals surface area contributed by atoms with E-state index in [4.69, 9.17) is 5.11 Å². The highest BCUT2D eigenvalue weighted by Crippen LogP contribution is 2.31. The van der Waals surface area contributed by atoms with Crippen LogP contribution in [0.25, 0.3) is 6.08 Å². The van der Waals surface area contributed by atoms with Crippen molar-refractivity contribution in [2.75, 3.05) is 18.5 Å². The fraction of sp³-hybridized carbons (Fsp3) is 0.429. The minimum atomic E-state index is -0.942. The van der Waals surface area contributed by atoms with Gasteiger partial charge >= 0.3 is 5.97 Å². The maximum atomic E-state index is 10.4. The number of carboxylic acid groups (broad SMARTS) is 1. The molecule has 2 rings (SSSR count). The fourth-order valence-corrected chi connectivity index (χ4v) is 2.02. The molecule has 1 aliphatic rings. The average Bonchev–Trinajstić information content (AvgIpc) is 3.10. The van der Waals surface area contributed by atoms with E-state index in [0.29, 0.717) is 0 Å². The van der Waals surface area contributed by atoms with E-state index >= 15 is 0 Å². The van der Waals surface area contributed by atoms with E-state index in [1.54, 1.807) is 12.3 Å². The molecule has 1 aliphatic carbocycles.